The molecule has 3 aromatic rings. The van der Waals surface area contributed by atoms with Crippen molar-refractivity contribution in [3.8, 4) is 16.9 Å². The van der Waals surface area contributed by atoms with E-state index >= 15 is 0 Å². The fourth-order valence-corrected chi connectivity index (χ4v) is 3.85. The zero-order chi connectivity index (χ0) is 21.1. The molecule has 3 N–H and O–H groups in total. The van der Waals surface area contributed by atoms with E-state index in [4.69, 9.17) is 4.74 Å². The lowest BCUT2D eigenvalue weighted by molar-refractivity contribution is -0.139. The Morgan fingerprint density at radius 1 is 0.900 bits per heavy atom. The number of fused-ring (bicyclic) bond motifs is 3. The Hall–Kier alpha value is -3.80. The summed E-state index contributed by atoms with van der Waals surface area (Å²) in [5.74, 6) is -1.16. The van der Waals surface area contributed by atoms with Gasteiger partial charge in [-0.15, -0.1) is 0 Å². The number of benzene rings is 3. The minimum atomic E-state index is -1.16. The van der Waals surface area contributed by atoms with Crippen molar-refractivity contribution in [2.24, 2.45) is 0 Å². The predicted molar refractivity (Wildman–Crippen MR) is 111 cm³/mol. The number of carbonyl (C=O) groups is 2. The van der Waals surface area contributed by atoms with E-state index < -0.39 is 18.1 Å². The van der Waals surface area contributed by atoms with Gasteiger partial charge in [-0.3, -0.25) is 0 Å². The molecule has 1 amide bonds. The minimum absolute atomic E-state index is 0.0831. The molecule has 0 saturated heterocycles. The standard InChI is InChI=1S/C24H21NO5/c26-16-11-9-15(10-12-16)13-22(23(27)28)25-24(29)30-14-21-19-7-3-1-5-17(19)18-6-2-4-8-20(18)21/h1-12,21-22,26H,13-14H2,(H,25,29)(H,27,28). The van der Waals surface area contributed by atoms with E-state index in [1.54, 1.807) is 12.1 Å². The smallest absolute Gasteiger partial charge is 0.407 e. The topological polar surface area (TPSA) is 95.9 Å². The number of ether oxygens (including phenoxy) is 1. The van der Waals surface area contributed by atoms with Crippen molar-refractivity contribution < 1.29 is 24.5 Å². The Kier molecular flexibility index (Phi) is 5.39. The molecule has 0 fully saturated rings. The van der Waals surface area contributed by atoms with Crippen molar-refractivity contribution in [2.45, 2.75) is 18.4 Å². The molecule has 1 aliphatic rings. The van der Waals surface area contributed by atoms with Crippen molar-refractivity contribution in [1.82, 2.24) is 5.32 Å². The van der Waals surface area contributed by atoms with Crippen LogP contribution < -0.4 is 5.32 Å². The molecule has 4 rings (SSSR count). The number of alkyl carbamates (subject to hydrolysis) is 1. The summed E-state index contributed by atoms with van der Waals surface area (Å²) in [4.78, 5) is 23.9. The second-order valence-electron chi connectivity index (χ2n) is 7.23. The van der Waals surface area contributed by atoms with Crippen LogP contribution in [0, 0.1) is 0 Å². The van der Waals surface area contributed by atoms with Crippen molar-refractivity contribution >= 4 is 12.1 Å². The number of aromatic hydroxyl groups is 1. The molecule has 3 aromatic carbocycles. The minimum Gasteiger partial charge on any atom is -0.508 e. The van der Waals surface area contributed by atoms with E-state index in [0.717, 1.165) is 22.3 Å². The Morgan fingerprint density at radius 3 is 2.03 bits per heavy atom. The van der Waals surface area contributed by atoms with Crippen LogP contribution in [0.5, 0.6) is 5.75 Å². The molecule has 0 heterocycles. The molecule has 0 saturated carbocycles. The summed E-state index contributed by atoms with van der Waals surface area (Å²) in [5, 5.41) is 21.2. The summed E-state index contributed by atoms with van der Waals surface area (Å²) in [6.45, 7) is 0.116. The van der Waals surface area contributed by atoms with Gasteiger partial charge in [-0.25, -0.2) is 9.59 Å². The van der Waals surface area contributed by atoms with Gasteiger partial charge >= 0.3 is 12.1 Å². The van der Waals surface area contributed by atoms with E-state index in [1.165, 1.54) is 12.1 Å². The summed E-state index contributed by atoms with van der Waals surface area (Å²) in [5.41, 5.74) is 5.10. The van der Waals surface area contributed by atoms with E-state index in [1.807, 2.05) is 48.5 Å². The Morgan fingerprint density at radius 2 is 1.47 bits per heavy atom. The SMILES string of the molecule is O=C(NC(Cc1ccc(O)cc1)C(=O)O)OCC1c2ccccc2-c2ccccc21. The van der Waals surface area contributed by atoms with Crippen molar-refractivity contribution in [3.05, 3.63) is 89.5 Å². The zero-order valence-corrected chi connectivity index (χ0v) is 16.1. The molecule has 6 nitrogen and oxygen atoms in total. The van der Waals surface area contributed by atoms with Gasteiger partial charge in [0.1, 0.15) is 18.4 Å². The Bertz CT molecular complexity index is 1030. The lowest BCUT2D eigenvalue weighted by atomic mass is 9.98. The third-order valence-corrected chi connectivity index (χ3v) is 5.31. The number of hydrogen-bond acceptors (Lipinski definition) is 4. The second-order valence-corrected chi connectivity index (χ2v) is 7.23. The molecule has 6 heteroatoms. The highest BCUT2D eigenvalue weighted by atomic mass is 16.5. The lowest BCUT2D eigenvalue weighted by Gasteiger charge is -2.17. The number of hydrogen-bond donors (Lipinski definition) is 3. The third-order valence-electron chi connectivity index (χ3n) is 5.31. The second kappa shape index (κ2) is 8.29. The van der Waals surface area contributed by atoms with Crippen LogP contribution >= 0.6 is 0 Å². The van der Waals surface area contributed by atoms with Crippen LogP contribution in [-0.2, 0) is 16.0 Å². The molecular formula is C24H21NO5. The highest BCUT2D eigenvalue weighted by Crippen LogP contribution is 2.44. The van der Waals surface area contributed by atoms with Crippen LogP contribution in [0.2, 0.25) is 0 Å². The molecule has 152 valence electrons. The first kappa shape index (κ1) is 19.5. The van der Waals surface area contributed by atoms with Crippen LogP contribution in [0.4, 0.5) is 4.79 Å². The summed E-state index contributed by atoms with van der Waals surface area (Å²) < 4.78 is 5.42. The average Bonchev–Trinajstić information content (AvgIpc) is 3.07. The summed E-state index contributed by atoms with van der Waals surface area (Å²) in [7, 11) is 0. The van der Waals surface area contributed by atoms with E-state index in [9.17, 15) is 19.8 Å². The van der Waals surface area contributed by atoms with E-state index in [-0.39, 0.29) is 24.7 Å². The number of amides is 1. The monoisotopic (exact) mass is 403 g/mol. The lowest BCUT2D eigenvalue weighted by Crippen LogP contribution is -2.42. The summed E-state index contributed by atoms with van der Waals surface area (Å²) in [6, 6.07) is 21.0. The average molecular weight is 403 g/mol. The zero-order valence-electron chi connectivity index (χ0n) is 16.1. The van der Waals surface area contributed by atoms with Gasteiger partial charge in [0.15, 0.2) is 0 Å². The fourth-order valence-electron chi connectivity index (χ4n) is 3.85. The van der Waals surface area contributed by atoms with Gasteiger partial charge < -0.3 is 20.3 Å². The largest absolute Gasteiger partial charge is 0.508 e. The van der Waals surface area contributed by atoms with Crippen LogP contribution in [0.15, 0.2) is 72.8 Å². The summed E-state index contributed by atoms with van der Waals surface area (Å²) >= 11 is 0. The molecule has 1 unspecified atom stereocenters. The van der Waals surface area contributed by atoms with Crippen LogP contribution in [0.25, 0.3) is 11.1 Å². The molecule has 0 radical (unpaired) electrons. The molecule has 30 heavy (non-hydrogen) atoms. The molecule has 1 atom stereocenters. The van der Waals surface area contributed by atoms with Gasteiger partial charge in [-0.1, -0.05) is 60.7 Å². The predicted octanol–water partition coefficient (Wildman–Crippen LogP) is 3.93. The normalized spacial score (nSPS) is 13.2. The third kappa shape index (κ3) is 3.98. The van der Waals surface area contributed by atoms with Gasteiger partial charge in [0.05, 0.1) is 0 Å². The number of rotatable bonds is 6. The highest BCUT2D eigenvalue weighted by molar-refractivity contribution is 5.81. The maximum absolute atomic E-state index is 12.3. The first-order chi connectivity index (χ1) is 14.5. The van der Waals surface area contributed by atoms with Crippen molar-refractivity contribution in [3.63, 3.8) is 0 Å². The highest BCUT2D eigenvalue weighted by Gasteiger charge is 2.29. The molecule has 0 spiro atoms. The maximum Gasteiger partial charge on any atom is 0.407 e. The van der Waals surface area contributed by atoms with Crippen molar-refractivity contribution in [2.75, 3.05) is 6.61 Å². The van der Waals surface area contributed by atoms with Gasteiger partial charge in [-0.05, 0) is 39.9 Å². The van der Waals surface area contributed by atoms with Crippen molar-refractivity contribution in [1.29, 1.82) is 0 Å². The van der Waals surface area contributed by atoms with Crippen LogP contribution in [-0.4, -0.2) is 34.9 Å². The molecule has 0 aromatic heterocycles. The maximum atomic E-state index is 12.3. The Balaban J connectivity index is 1.43. The van der Waals surface area contributed by atoms with Gasteiger partial charge in [0.25, 0.3) is 0 Å². The number of carboxylic acids is 1. The molecule has 0 bridgehead atoms. The Labute approximate surface area is 173 Å². The number of carboxylic acid groups (broad SMARTS) is 1. The first-order valence-corrected chi connectivity index (χ1v) is 9.65. The first-order valence-electron chi connectivity index (χ1n) is 9.65. The van der Waals surface area contributed by atoms with Crippen LogP contribution in [0.1, 0.15) is 22.6 Å². The molecule has 0 aliphatic heterocycles. The van der Waals surface area contributed by atoms with Crippen LogP contribution in [0.3, 0.4) is 0 Å². The number of aliphatic carboxylic acids is 1. The number of nitrogens with one attached hydrogen (secondary N) is 1. The quantitative estimate of drug-likeness (QED) is 0.580. The molecule has 1 aliphatic carbocycles. The van der Waals surface area contributed by atoms with Gasteiger partial charge in [-0.2, -0.15) is 0 Å². The number of phenolic OH excluding ortho intramolecular Hbond substituents is 1. The number of phenols is 1. The molecular weight excluding hydrogens is 382 g/mol. The van der Waals surface area contributed by atoms with E-state index in [0.29, 0.717) is 5.56 Å². The van der Waals surface area contributed by atoms with E-state index in [2.05, 4.69) is 5.32 Å². The fraction of sp³-hybridized carbons (Fsp3) is 0.167. The summed E-state index contributed by atoms with van der Waals surface area (Å²) in [6.07, 6.45) is -0.692. The van der Waals surface area contributed by atoms with Gasteiger partial charge in [0.2, 0.25) is 0 Å². The van der Waals surface area contributed by atoms with Gasteiger partial charge in [0, 0.05) is 12.3 Å². The number of carbonyl (C=O) groups excluding carboxylic acids is 1.